The van der Waals surface area contributed by atoms with Crippen molar-refractivity contribution in [2.24, 2.45) is 0 Å². The summed E-state index contributed by atoms with van der Waals surface area (Å²) in [5, 5.41) is 31.5. The van der Waals surface area contributed by atoms with E-state index in [-0.39, 0.29) is 33.8 Å². The van der Waals surface area contributed by atoms with E-state index in [1.165, 1.54) is 13.2 Å². The maximum atomic E-state index is 13.2. The summed E-state index contributed by atoms with van der Waals surface area (Å²) in [6, 6.07) is 2.51. The van der Waals surface area contributed by atoms with Crippen molar-refractivity contribution in [3.63, 3.8) is 0 Å². The molecule has 0 radical (unpaired) electrons. The number of aromatic hydroxyl groups is 3. The summed E-state index contributed by atoms with van der Waals surface area (Å²) in [5.74, 6) is -3.75. The van der Waals surface area contributed by atoms with Gasteiger partial charge >= 0.3 is 0 Å². The van der Waals surface area contributed by atoms with Gasteiger partial charge in [-0.1, -0.05) is 0 Å². The van der Waals surface area contributed by atoms with Gasteiger partial charge in [-0.15, -0.1) is 0 Å². The second kappa shape index (κ2) is 5.64. The van der Waals surface area contributed by atoms with Crippen LogP contribution in [0.15, 0.2) is 12.1 Å². The summed E-state index contributed by atoms with van der Waals surface area (Å²) in [5.41, 5.74) is -0.428. The molecule has 2 bridgehead atoms. The minimum absolute atomic E-state index is 0.0497. The standard InChI is InChI=1S/C21H18O8/c1-21-5-3-4-11(28-21)15-12(29-21)7-9-13(18(15)25)17(24)14-8(16(9)23)6-10(22)20(27-2)19(14)26/h6-7,11,22,25-26H,3-5H2,1-2H3. The minimum Gasteiger partial charge on any atom is -0.507 e. The van der Waals surface area contributed by atoms with Crippen LogP contribution in [0.2, 0.25) is 0 Å². The Balaban J connectivity index is 1.77. The van der Waals surface area contributed by atoms with Crippen molar-refractivity contribution in [2.75, 3.05) is 7.11 Å². The number of hydrogen-bond acceptors (Lipinski definition) is 8. The van der Waals surface area contributed by atoms with Crippen molar-refractivity contribution in [2.45, 2.75) is 38.1 Å². The van der Waals surface area contributed by atoms with Gasteiger partial charge in [-0.25, -0.2) is 0 Å². The van der Waals surface area contributed by atoms with Crippen LogP contribution in [0.3, 0.4) is 0 Å². The lowest BCUT2D eigenvalue weighted by Crippen LogP contribution is -2.44. The molecule has 3 N–H and O–H groups in total. The summed E-state index contributed by atoms with van der Waals surface area (Å²) in [6.07, 6.45) is 1.67. The van der Waals surface area contributed by atoms with Gasteiger partial charge in [0.1, 0.15) is 11.5 Å². The zero-order valence-corrected chi connectivity index (χ0v) is 15.7. The van der Waals surface area contributed by atoms with E-state index in [1.54, 1.807) is 6.92 Å². The first kappa shape index (κ1) is 17.8. The van der Waals surface area contributed by atoms with Crippen molar-refractivity contribution in [1.82, 2.24) is 0 Å². The molecule has 2 aromatic rings. The minimum atomic E-state index is -0.861. The third-order valence-corrected chi connectivity index (χ3v) is 5.82. The SMILES string of the molecule is COc1c(O)cc2c(c1O)C(=O)c1c(cc3c(c1O)C1CCCC(C)(O3)O1)C2=O. The van der Waals surface area contributed by atoms with E-state index in [9.17, 15) is 24.9 Å². The second-order valence-electron chi connectivity index (χ2n) is 7.65. The largest absolute Gasteiger partial charge is 0.507 e. The molecular formula is C21H18O8. The van der Waals surface area contributed by atoms with Crippen LogP contribution in [0.25, 0.3) is 0 Å². The predicted octanol–water partition coefficient (Wildman–Crippen LogP) is 2.94. The normalized spacial score (nSPS) is 24.3. The van der Waals surface area contributed by atoms with E-state index >= 15 is 0 Å². The lowest BCUT2D eigenvalue weighted by Gasteiger charge is -2.44. The number of carbonyl (C=O) groups is 2. The Morgan fingerprint density at radius 2 is 1.76 bits per heavy atom. The highest BCUT2D eigenvalue weighted by molar-refractivity contribution is 6.31. The van der Waals surface area contributed by atoms with Crippen LogP contribution in [0.4, 0.5) is 0 Å². The first-order valence-corrected chi connectivity index (χ1v) is 9.24. The summed E-state index contributed by atoms with van der Waals surface area (Å²) >= 11 is 0. The molecular weight excluding hydrogens is 380 g/mol. The van der Waals surface area contributed by atoms with Gasteiger partial charge in [-0.3, -0.25) is 9.59 Å². The lowest BCUT2D eigenvalue weighted by molar-refractivity contribution is -0.243. The molecule has 8 heteroatoms. The fraction of sp³-hybridized carbons (Fsp3) is 0.333. The van der Waals surface area contributed by atoms with Crippen LogP contribution < -0.4 is 9.47 Å². The molecule has 2 aromatic carbocycles. The summed E-state index contributed by atoms with van der Waals surface area (Å²) < 4.78 is 16.8. The highest BCUT2D eigenvalue weighted by atomic mass is 16.7. The van der Waals surface area contributed by atoms with Crippen LogP contribution in [0.1, 0.15) is 69.7 Å². The number of fused-ring (bicyclic) bond motifs is 6. The summed E-state index contributed by atoms with van der Waals surface area (Å²) in [6.45, 7) is 1.79. The monoisotopic (exact) mass is 398 g/mol. The highest BCUT2D eigenvalue weighted by Crippen LogP contribution is 2.53. The van der Waals surface area contributed by atoms with Crippen molar-refractivity contribution in [1.29, 1.82) is 0 Å². The van der Waals surface area contributed by atoms with Gasteiger partial charge in [0.25, 0.3) is 0 Å². The van der Waals surface area contributed by atoms with Gasteiger partial charge in [-0.05, 0) is 25.0 Å². The van der Waals surface area contributed by atoms with Gasteiger partial charge in [0, 0.05) is 24.5 Å². The topological polar surface area (TPSA) is 123 Å². The number of ether oxygens (including phenoxy) is 3. The van der Waals surface area contributed by atoms with E-state index in [1.807, 2.05) is 0 Å². The van der Waals surface area contributed by atoms with Gasteiger partial charge in [0.2, 0.25) is 17.3 Å². The fourth-order valence-corrected chi connectivity index (χ4v) is 4.52. The molecule has 0 saturated carbocycles. The molecule has 2 atom stereocenters. The lowest BCUT2D eigenvalue weighted by atomic mass is 9.80. The van der Waals surface area contributed by atoms with Crippen LogP contribution in [0.5, 0.6) is 28.7 Å². The average Bonchev–Trinajstić information content (AvgIpc) is 2.65. The number of rotatable bonds is 1. The molecule has 150 valence electrons. The Morgan fingerprint density at radius 1 is 1.07 bits per heavy atom. The number of ketones is 2. The van der Waals surface area contributed by atoms with Gasteiger partial charge in [0.05, 0.1) is 29.9 Å². The quantitative estimate of drug-likeness (QED) is 0.572. The van der Waals surface area contributed by atoms with Crippen molar-refractivity contribution >= 4 is 11.6 Å². The third kappa shape index (κ3) is 2.23. The van der Waals surface area contributed by atoms with Gasteiger partial charge < -0.3 is 29.5 Å². The van der Waals surface area contributed by atoms with Gasteiger partial charge in [-0.2, -0.15) is 0 Å². The number of phenolic OH excluding ortho intramolecular Hbond substituents is 3. The van der Waals surface area contributed by atoms with Crippen LogP contribution >= 0.6 is 0 Å². The molecule has 1 fully saturated rings. The van der Waals surface area contributed by atoms with Crippen LogP contribution in [0, 0.1) is 0 Å². The molecule has 1 aliphatic carbocycles. The smallest absolute Gasteiger partial charge is 0.208 e. The first-order valence-electron chi connectivity index (χ1n) is 9.24. The Labute approximate surface area is 165 Å². The van der Waals surface area contributed by atoms with Crippen LogP contribution in [-0.2, 0) is 4.74 Å². The summed E-state index contributed by atoms with van der Waals surface area (Å²) in [4.78, 5) is 26.3. The highest BCUT2D eigenvalue weighted by Gasteiger charge is 2.46. The van der Waals surface area contributed by atoms with E-state index in [0.29, 0.717) is 24.2 Å². The fourth-order valence-electron chi connectivity index (χ4n) is 4.52. The molecule has 1 saturated heterocycles. The van der Waals surface area contributed by atoms with Crippen molar-refractivity contribution in [3.8, 4) is 28.7 Å². The maximum Gasteiger partial charge on any atom is 0.208 e. The van der Waals surface area contributed by atoms with E-state index in [4.69, 9.17) is 14.2 Å². The molecule has 2 aliphatic heterocycles. The average molecular weight is 398 g/mol. The number of hydrogen-bond donors (Lipinski definition) is 3. The molecule has 5 rings (SSSR count). The van der Waals surface area contributed by atoms with Crippen molar-refractivity contribution < 1.29 is 39.1 Å². The van der Waals surface area contributed by atoms with Gasteiger partial charge in [0.15, 0.2) is 17.3 Å². The Hall–Kier alpha value is -3.26. The Bertz CT molecular complexity index is 1120. The molecule has 2 unspecified atom stereocenters. The molecule has 0 spiro atoms. The maximum absolute atomic E-state index is 13.2. The van der Waals surface area contributed by atoms with E-state index in [0.717, 1.165) is 12.5 Å². The first-order chi connectivity index (χ1) is 13.8. The zero-order chi connectivity index (χ0) is 20.7. The number of phenols is 3. The molecule has 2 heterocycles. The van der Waals surface area contributed by atoms with Crippen LogP contribution in [-0.4, -0.2) is 39.8 Å². The third-order valence-electron chi connectivity index (χ3n) is 5.82. The molecule has 0 amide bonds. The molecule has 8 nitrogen and oxygen atoms in total. The second-order valence-corrected chi connectivity index (χ2v) is 7.65. The van der Waals surface area contributed by atoms with Crippen molar-refractivity contribution in [3.05, 3.63) is 39.9 Å². The predicted molar refractivity (Wildman–Crippen MR) is 98.0 cm³/mol. The molecule has 29 heavy (non-hydrogen) atoms. The number of carbonyl (C=O) groups excluding carboxylic acids is 2. The van der Waals surface area contributed by atoms with E-state index < -0.39 is 35.0 Å². The van der Waals surface area contributed by atoms with E-state index in [2.05, 4.69) is 0 Å². The summed E-state index contributed by atoms with van der Waals surface area (Å²) in [7, 11) is 1.22. The zero-order valence-electron chi connectivity index (χ0n) is 15.7. The number of methoxy groups -OCH3 is 1. The Kier molecular flexibility index (Phi) is 3.46. The number of benzene rings is 2. The molecule has 3 aliphatic rings. The molecule has 0 aromatic heterocycles. The Morgan fingerprint density at radius 3 is 2.48 bits per heavy atom.